The molecule has 0 radical (unpaired) electrons. The van der Waals surface area contributed by atoms with E-state index in [0.717, 1.165) is 80.8 Å². The number of carbonyl (C=O) groups excluding carboxylic acids is 1. The van der Waals surface area contributed by atoms with E-state index in [1.54, 1.807) is 0 Å². The van der Waals surface area contributed by atoms with Gasteiger partial charge in [-0.25, -0.2) is 23.2 Å². The molecule has 1 aliphatic heterocycles. The Morgan fingerprint density at radius 2 is 1.63 bits per heavy atom. The van der Waals surface area contributed by atoms with Crippen LogP contribution in [0.4, 0.5) is 8.78 Å². The van der Waals surface area contributed by atoms with Gasteiger partial charge in [-0.2, -0.15) is 0 Å². The first-order valence-corrected chi connectivity index (χ1v) is 19.7. The fourth-order valence-electron chi connectivity index (χ4n) is 5.71. The molecule has 0 aliphatic carbocycles. The second-order valence-electron chi connectivity index (χ2n) is 13.1. The van der Waals surface area contributed by atoms with Crippen molar-refractivity contribution < 1.29 is 37.0 Å². The van der Waals surface area contributed by atoms with Crippen LogP contribution in [0.3, 0.4) is 0 Å². The monoisotopic (exact) mass is 740 g/mol. The Balaban J connectivity index is 1.39. The number of hydrogen-bond acceptors (Lipinski definition) is 8. The van der Waals surface area contributed by atoms with Crippen molar-refractivity contribution in [2.75, 3.05) is 19.7 Å². The highest BCUT2D eigenvalue weighted by Gasteiger charge is 2.55. The van der Waals surface area contributed by atoms with Crippen LogP contribution in [-0.4, -0.2) is 58.1 Å². The van der Waals surface area contributed by atoms with Crippen LogP contribution in [0.25, 0.3) is 0 Å². The first-order valence-electron chi connectivity index (χ1n) is 18.2. The lowest BCUT2D eigenvalue weighted by molar-refractivity contribution is -0.121. The molecular formula is C36H55F2N4O8P. The first kappa shape index (κ1) is 42.3. The summed E-state index contributed by atoms with van der Waals surface area (Å²) in [6, 6.07) is 5.67. The number of amides is 1. The second kappa shape index (κ2) is 22.0. The highest BCUT2D eigenvalue weighted by Crippen LogP contribution is 2.47. The quantitative estimate of drug-likeness (QED) is 0.0499. The van der Waals surface area contributed by atoms with Gasteiger partial charge in [0.15, 0.2) is 11.9 Å². The smallest absolute Gasteiger partial charge is 0.413 e. The number of aromatic nitrogens is 2. The summed E-state index contributed by atoms with van der Waals surface area (Å²) in [7, 11) is -4.26. The Labute approximate surface area is 299 Å². The van der Waals surface area contributed by atoms with Crippen LogP contribution in [0.15, 0.2) is 58.3 Å². The molecule has 1 fully saturated rings. The number of alkyl halides is 1. The van der Waals surface area contributed by atoms with E-state index < -0.39 is 55.5 Å². The van der Waals surface area contributed by atoms with Gasteiger partial charge in [-0.1, -0.05) is 70.4 Å². The standard InChI is InChI=1S/C36H55F2N4O8P/c1-3-4-5-6-7-8-9-10-11-12-13-14-15-16-17-18-31(43)39-24-25-40-51(47,50-29-21-19-28(37)20-22-29)48-27-30-33(45)36(2,38)34(49-30)42-26-23-32(44)41-35(42)46/h10-11,19-23,26,30,33-34,45H,3-9,12-18,24-25,27H2,1-2H3,(H,39,43)(H,40,47)(H,41,44,46)/b11-10-/t30-,33-,34-,36-,51?/m1/s1. The molecule has 1 unspecified atom stereocenters. The SMILES string of the molecule is CCCCCCCC/C=C\CCCCCCCC(=O)NCCNP(=O)(OC[C@H]1O[C@@H](n2ccc(=O)[nH]c2=O)[C@](C)(F)[C@@H]1O)Oc1ccc(F)cc1. The van der Waals surface area contributed by atoms with Crippen molar-refractivity contribution in [3.63, 3.8) is 0 Å². The van der Waals surface area contributed by atoms with Crippen LogP contribution < -0.4 is 26.2 Å². The number of aliphatic hydroxyl groups excluding tert-OH is 1. The van der Waals surface area contributed by atoms with Crippen molar-refractivity contribution in [1.82, 2.24) is 20.0 Å². The average Bonchev–Trinajstić information content (AvgIpc) is 3.32. The zero-order valence-corrected chi connectivity index (χ0v) is 30.7. The summed E-state index contributed by atoms with van der Waals surface area (Å²) >= 11 is 0. The number of rotatable bonds is 25. The molecule has 286 valence electrons. The molecule has 4 N–H and O–H groups in total. The van der Waals surface area contributed by atoms with Gasteiger partial charge in [0.2, 0.25) is 5.91 Å². The molecule has 15 heteroatoms. The molecule has 2 heterocycles. The average molecular weight is 741 g/mol. The molecule has 0 spiro atoms. The largest absolute Gasteiger partial charge is 0.458 e. The van der Waals surface area contributed by atoms with Gasteiger partial charge >= 0.3 is 13.4 Å². The number of hydrogen-bond donors (Lipinski definition) is 4. The van der Waals surface area contributed by atoms with E-state index in [9.17, 15) is 28.4 Å². The molecule has 0 bridgehead atoms. The Morgan fingerprint density at radius 3 is 2.27 bits per heavy atom. The number of halogens is 2. The van der Waals surface area contributed by atoms with E-state index in [4.69, 9.17) is 13.8 Å². The number of benzene rings is 1. The molecule has 3 rings (SSSR count). The van der Waals surface area contributed by atoms with Gasteiger partial charge in [0.05, 0.1) is 6.61 Å². The third-order valence-electron chi connectivity index (χ3n) is 8.69. The van der Waals surface area contributed by atoms with Gasteiger partial charge < -0.3 is 19.7 Å². The van der Waals surface area contributed by atoms with E-state index in [2.05, 4.69) is 29.5 Å². The van der Waals surface area contributed by atoms with Gasteiger partial charge in [-0.05, 0) is 63.3 Å². The van der Waals surface area contributed by atoms with Crippen molar-refractivity contribution in [3.05, 3.63) is 75.3 Å². The fourth-order valence-corrected chi connectivity index (χ4v) is 7.05. The normalized spacial score (nSPS) is 21.5. The van der Waals surface area contributed by atoms with Crippen molar-refractivity contribution in [1.29, 1.82) is 0 Å². The number of nitrogens with one attached hydrogen (secondary N) is 3. The summed E-state index contributed by atoms with van der Waals surface area (Å²) in [4.78, 5) is 38.1. The number of ether oxygens (including phenoxy) is 1. The van der Waals surface area contributed by atoms with E-state index >= 15 is 4.39 Å². The summed E-state index contributed by atoms with van der Waals surface area (Å²) in [6.07, 6.45) is 16.3. The minimum Gasteiger partial charge on any atom is -0.413 e. The molecule has 1 saturated heterocycles. The zero-order valence-electron chi connectivity index (χ0n) is 29.8. The number of aliphatic hydroxyl groups is 1. The van der Waals surface area contributed by atoms with Crippen LogP contribution >= 0.6 is 7.75 Å². The third-order valence-corrected chi connectivity index (χ3v) is 10.2. The number of aromatic amines is 1. The number of unbranched alkanes of at least 4 members (excludes halogenated alkanes) is 11. The summed E-state index contributed by atoms with van der Waals surface area (Å²) in [5, 5.41) is 16.1. The molecular weight excluding hydrogens is 685 g/mol. The molecule has 1 aromatic heterocycles. The van der Waals surface area contributed by atoms with E-state index in [0.29, 0.717) is 6.42 Å². The van der Waals surface area contributed by atoms with Gasteiger partial charge in [-0.15, -0.1) is 0 Å². The highest BCUT2D eigenvalue weighted by atomic mass is 31.2. The molecule has 2 aromatic rings. The van der Waals surface area contributed by atoms with Crippen LogP contribution in [0.2, 0.25) is 0 Å². The maximum Gasteiger partial charge on any atom is 0.458 e. The van der Waals surface area contributed by atoms with Gasteiger partial charge in [-0.3, -0.25) is 23.7 Å². The fraction of sp³-hybridized carbons (Fsp3) is 0.639. The third kappa shape index (κ3) is 14.8. The minimum absolute atomic E-state index is 0.00124. The molecule has 12 nitrogen and oxygen atoms in total. The van der Waals surface area contributed by atoms with Crippen LogP contribution in [-0.2, 0) is 18.6 Å². The molecule has 5 atom stereocenters. The van der Waals surface area contributed by atoms with Gasteiger partial charge in [0.25, 0.3) is 5.56 Å². The second-order valence-corrected chi connectivity index (χ2v) is 14.8. The number of carbonyl (C=O) groups is 1. The van der Waals surface area contributed by atoms with Gasteiger partial charge in [0, 0.05) is 31.8 Å². The lowest BCUT2D eigenvalue weighted by Gasteiger charge is -2.24. The Bertz CT molecular complexity index is 1520. The van der Waals surface area contributed by atoms with Crippen LogP contribution in [0.5, 0.6) is 5.75 Å². The number of H-pyrrole nitrogens is 1. The lowest BCUT2D eigenvalue weighted by atomic mass is 9.98. The van der Waals surface area contributed by atoms with Crippen molar-refractivity contribution in [3.8, 4) is 5.75 Å². The molecule has 1 aromatic carbocycles. The first-order chi connectivity index (χ1) is 24.4. The Morgan fingerprint density at radius 1 is 1.00 bits per heavy atom. The number of nitrogens with zero attached hydrogens (tertiary/aromatic N) is 1. The van der Waals surface area contributed by atoms with E-state index in [1.807, 2.05) is 4.98 Å². The van der Waals surface area contributed by atoms with Crippen molar-refractivity contribution in [2.45, 2.75) is 128 Å². The summed E-state index contributed by atoms with van der Waals surface area (Å²) < 4.78 is 60.2. The lowest BCUT2D eigenvalue weighted by Crippen LogP contribution is -2.43. The predicted octanol–water partition coefficient (Wildman–Crippen LogP) is 6.61. The topological polar surface area (TPSA) is 161 Å². The maximum absolute atomic E-state index is 15.6. The Hall–Kier alpha value is -3.16. The van der Waals surface area contributed by atoms with Crippen LogP contribution in [0.1, 0.15) is 110 Å². The Kier molecular flexibility index (Phi) is 18.3. The molecule has 51 heavy (non-hydrogen) atoms. The maximum atomic E-state index is 15.6. The van der Waals surface area contributed by atoms with E-state index in [-0.39, 0.29) is 24.7 Å². The molecule has 1 aliphatic rings. The minimum atomic E-state index is -4.26. The van der Waals surface area contributed by atoms with Crippen LogP contribution in [0, 0.1) is 5.82 Å². The van der Waals surface area contributed by atoms with E-state index in [1.165, 1.54) is 50.7 Å². The van der Waals surface area contributed by atoms with Crippen molar-refractivity contribution >= 4 is 13.7 Å². The highest BCUT2D eigenvalue weighted by molar-refractivity contribution is 7.52. The zero-order chi connectivity index (χ0) is 37.1. The summed E-state index contributed by atoms with van der Waals surface area (Å²) in [6.45, 7) is 2.67. The molecule has 0 saturated carbocycles. The van der Waals surface area contributed by atoms with Crippen molar-refractivity contribution in [2.24, 2.45) is 0 Å². The summed E-state index contributed by atoms with van der Waals surface area (Å²) in [5.41, 5.74) is -4.14. The summed E-state index contributed by atoms with van der Waals surface area (Å²) in [5.74, 6) is -0.701. The number of allylic oxidation sites excluding steroid dienone is 2. The molecule has 1 amide bonds. The van der Waals surface area contributed by atoms with Gasteiger partial charge in [0.1, 0.15) is 23.8 Å². The predicted molar refractivity (Wildman–Crippen MR) is 192 cm³/mol.